The zero-order chi connectivity index (χ0) is 21.5. The van der Waals surface area contributed by atoms with Crippen LogP contribution in [0.5, 0.6) is 0 Å². The molecule has 1 heterocycles. The minimum atomic E-state index is -3.78. The van der Waals surface area contributed by atoms with E-state index in [2.05, 4.69) is 5.32 Å². The van der Waals surface area contributed by atoms with E-state index in [9.17, 15) is 18.0 Å². The average molecular weight is 423 g/mol. The molecular weight excluding hydrogens is 402 g/mol. The summed E-state index contributed by atoms with van der Waals surface area (Å²) < 4.78 is 27.2. The number of hydrogen-bond donors (Lipinski definition) is 1. The third-order valence-corrected chi connectivity index (χ3v) is 7.05. The first kappa shape index (κ1) is 19.9. The zero-order valence-electron chi connectivity index (χ0n) is 16.6. The van der Waals surface area contributed by atoms with Crippen molar-refractivity contribution >= 4 is 38.3 Å². The van der Waals surface area contributed by atoms with E-state index < -0.39 is 10.0 Å². The van der Waals surface area contributed by atoms with Crippen LogP contribution in [-0.4, -0.2) is 45.8 Å². The van der Waals surface area contributed by atoms with Crippen LogP contribution in [-0.2, 0) is 21.4 Å². The number of carbonyl (C=O) groups is 2. The highest BCUT2D eigenvalue weighted by molar-refractivity contribution is 7.93. The van der Waals surface area contributed by atoms with E-state index in [1.807, 2.05) is 12.1 Å². The Balaban J connectivity index is 1.53. The van der Waals surface area contributed by atoms with Crippen LogP contribution in [0, 0.1) is 0 Å². The van der Waals surface area contributed by atoms with Gasteiger partial charge in [-0.25, -0.2) is 8.42 Å². The molecule has 0 fully saturated rings. The summed E-state index contributed by atoms with van der Waals surface area (Å²) in [6, 6.07) is 17.4. The third kappa shape index (κ3) is 3.29. The Kier molecular flexibility index (Phi) is 4.95. The SMILES string of the molecule is CNC(=O)c1ccc(CN(C)C(=O)CN2c3cccc4cccc(c34)S2(=O)=O)cc1. The van der Waals surface area contributed by atoms with Crippen molar-refractivity contribution in [3.63, 3.8) is 0 Å². The Hall–Kier alpha value is -3.39. The van der Waals surface area contributed by atoms with E-state index in [0.717, 1.165) is 10.9 Å². The first-order valence-corrected chi connectivity index (χ1v) is 10.9. The predicted octanol–water partition coefficient (Wildman–Crippen LogP) is 2.37. The maximum atomic E-state index is 13.0. The Morgan fingerprint density at radius 2 is 1.67 bits per heavy atom. The number of likely N-dealkylation sites (N-methyl/N-ethyl adjacent to an activating group) is 1. The summed E-state index contributed by atoms with van der Waals surface area (Å²) >= 11 is 0. The standard InChI is InChI=1S/C22H21N3O4S/c1-23-22(27)17-11-9-15(10-12-17)13-24(2)20(26)14-25-18-7-3-5-16-6-4-8-19(21(16)18)30(25,28)29/h3-12H,13-14H2,1-2H3,(H,23,27). The molecule has 8 heteroatoms. The Morgan fingerprint density at radius 3 is 2.33 bits per heavy atom. The summed E-state index contributed by atoms with van der Waals surface area (Å²) in [7, 11) is -0.583. The van der Waals surface area contributed by atoms with Gasteiger partial charge in [0.15, 0.2) is 0 Å². The number of nitrogens with one attached hydrogen (secondary N) is 1. The molecule has 3 aromatic rings. The molecule has 0 bridgehead atoms. The number of rotatable bonds is 5. The average Bonchev–Trinajstić information content (AvgIpc) is 2.97. The molecular formula is C22H21N3O4S. The largest absolute Gasteiger partial charge is 0.355 e. The molecule has 30 heavy (non-hydrogen) atoms. The minimum Gasteiger partial charge on any atom is -0.355 e. The van der Waals surface area contributed by atoms with Gasteiger partial charge in [0.2, 0.25) is 5.91 Å². The van der Waals surface area contributed by atoms with Crippen LogP contribution in [0.25, 0.3) is 10.8 Å². The van der Waals surface area contributed by atoms with Gasteiger partial charge >= 0.3 is 0 Å². The molecule has 0 spiro atoms. The highest BCUT2D eigenvalue weighted by Crippen LogP contribution is 2.41. The van der Waals surface area contributed by atoms with Crippen molar-refractivity contribution in [3.8, 4) is 0 Å². The van der Waals surface area contributed by atoms with Crippen LogP contribution >= 0.6 is 0 Å². The lowest BCUT2D eigenvalue weighted by Gasteiger charge is -2.23. The van der Waals surface area contributed by atoms with Gasteiger partial charge in [-0.1, -0.05) is 36.4 Å². The van der Waals surface area contributed by atoms with Gasteiger partial charge in [-0.3, -0.25) is 13.9 Å². The summed E-state index contributed by atoms with van der Waals surface area (Å²) in [5.74, 6) is -0.502. The molecule has 1 N–H and O–H groups in total. The molecule has 3 aromatic carbocycles. The molecule has 4 rings (SSSR count). The lowest BCUT2D eigenvalue weighted by molar-refractivity contribution is -0.128. The van der Waals surface area contributed by atoms with Crippen molar-refractivity contribution in [2.45, 2.75) is 11.4 Å². The van der Waals surface area contributed by atoms with Gasteiger partial charge in [0, 0.05) is 31.6 Å². The van der Waals surface area contributed by atoms with Crippen molar-refractivity contribution < 1.29 is 18.0 Å². The number of anilines is 1. The first-order valence-electron chi connectivity index (χ1n) is 9.42. The molecule has 1 aliphatic heterocycles. The van der Waals surface area contributed by atoms with E-state index in [-0.39, 0.29) is 23.3 Å². The molecule has 0 unspecified atom stereocenters. The topological polar surface area (TPSA) is 86.8 Å². The van der Waals surface area contributed by atoms with Gasteiger partial charge in [0.1, 0.15) is 6.54 Å². The van der Waals surface area contributed by atoms with Crippen LogP contribution in [0.3, 0.4) is 0 Å². The van der Waals surface area contributed by atoms with E-state index in [0.29, 0.717) is 23.2 Å². The highest BCUT2D eigenvalue weighted by atomic mass is 32.2. The summed E-state index contributed by atoms with van der Waals surface area (Å²) in [5, 5.41) is 4.04. The lowest BCUT2D eigenvalue weighted by atomic mass is 10.1. The molecule has 0 aliphatic carbocycles. The molecule has 154 valence electrons. The van der Waals surface area contributed by atoms with Crippen LogP contribution in [0.15, 0.2) is 65.6 Å². The summed E-state index contributed by atoms with van der Waals surface area (Å²) in [6.45, 7) is 0.0286. The van der Waals surface area contributed by atoms with Crippen molar-refractivity contribution in [1.29, 1.82) is 0 Å². The quantitative estimate of drug-likeness (QED) is 0.683. The van der Waals surface area contributed by atoms with E-state index in [4.69, 9.17) is 0 Å². The summed E-state index contributed by atoms with van der Waals surface area (Å²) in [5.41, 5.74) is 1.90. The maximum absolute atomic E-state index is 13.0. The number of sulfonamides is 1. The molecule has 1 aliphatic rings. The van der Waals surface area contributed by atoms with Gasteiger partial charge in [0.25, 0.3) is 15.9 Å². The van der Waals surface area contributed by atoms with E-state index >= 15 is 0 Å². The van der Waals surface area contributed by atoms with E-state index in [1.165, 1.54) is 9.21 Å². The van der Waals surface area contributed by atoms with Crippen LogP contribution in [0.4, 0.5) is 5.69 Å². The van der Waals surface area contributed by atoms with Crippen LogP contribution < -0.4 is 9.62 Å². The third-order valence-electron chi connectivity index (χ3n) is 5.25. The van der Waals surface area contributed by atoms with Crippen molar-refractivity contribution in [1.82, 2.24) is 10.2 Å². The fraction of sp³-hybridized carbons (Fsp3) is 0.182. The van der Waals surface area contributed by atoms with Gasteiger partial charge in [-0.2, -0.15) is 0 Å². The second kappa shape index (κ2) is 7.46. The molecule has 2 amide bonds. The molecule has 0 aromatic heterocycles. The highest BCUT2D eigenvalue weighted by Gasteiger charge is 2.37. The Bertz CT molecular complexity index is 1250. The number of carbonyl (C=O) groups excluding carboxylic acids is 2. The minimum absolute atomic E-state index is 0.182. The van der Waals surface area contributed by atoms with Crippen molar-refractivity contribution in [2.24, 2.45) is 0 Å². The molecule has 0 saturated carbocycles. The maximum Gasteiger partial charge on any atom is 0.265 e. The van der Waals surface area contributed by atoms with E-state index in [1.54, 1.807) is 62.6 Å². The van der Waals surface area contributed by atoms with Crippen molar-refractivity contribution in [3.05, 3.63) is 71.8 Å². The monoisotopic (exact) mass is 423 g/mol. The molecule has 0 saturated heterocycles. The molecule has 7 nitrogen and oxygen atoms in total. The fourth-order valence-corrected chi connectivity index (χ4v) is 5.30. The predicted molar refractivity (Wildman–Crippen MR) is 115 cm³/mol. The Morgan fingerprint density at radius 1 is 1.00 bits per heavy atom. The van der Waals surface area contributed by atoms with Crippen molar-refractivity contribution in [2.75, 3.05) is 24.9 Å². The fourth-order valence-electron chi connectivity index (χ4n) is 3.64. The number of amides is 2. The van der Waals surface area contributed by atoms with Crippen LogP contribution in [0.1, 0.15) is 15.9 Å². The Labute approximate surface area is 175 Å². The van der Waals surface area contributed by atoms with Gasteiger partial charge in [-0.05, 0) is 35.2 Å². The first-order chi connectivity index (χ1) is 14.3. The number of nitrogens with zero attached hydrogens (tertiary/aromatic N) is 2. The second-order valence-electron chi connectivity index (χ2n) is 7.17. The zero-order valence-corrected chi connectivity index (χ0v) is 17.4. The van der Waals surface area contributed by atoms with Gasteiger partial charge < -0.3 is 10.2 Å². The van der Waals surface area contributed by atoms with Gasteiger partial charge in [0.05, 0.1) is 10.6 Å². The number of benzene rings is 3. The molecule has 0 atom stereocenters. The van der Waals surface area contributed by atoms with Crippen LogP contribution in [0.2, 0.25) is 0 Å². The normalized spacial score (nSPS) is 14.0. The summed E-state index contributed by atoms with van der Waals surface area (Å²) in [4.78, 5) is 26.2. The smallest absolute Gasteiger partial charge is 0.265 e. The summed E-state index contributed by atoms with van der Waals surface area (Å²) in [6.07, 6.45) is 0. The lowest BCUT2D eigenvalue weighted by Crippen LogP contribution is -2.39. The second-order valence-corrected chi connectivity index (χ2v) is 9.00. The molecule has 0 radical (unpaired) electrons. The number of hydrogen-bond acceptors (Lipinski definition) is 4. The van der Waals surface area contributed by atoms with Gasteiger partial charge in [-0.15, -0.1) is 0 Å².